The summed E-state index contributed by atoms with van der Waals surface area (Å²) < 4.78 is 0. The molecule has 0 radical (unpaired) electrons. The van der Waals surface area contributed by atoms with E-state index < -0.39 is 17.2 Å². The summed E-state index contributed by atoms with van der Waals surface area (Å²) in [5, 5.41) is 35.2. The summed E-state index contributed by atoms with van der Waals surface area (Å²) in [7, 11) is 3.28. The number of rotatable bonds is 1. The quantitative estimate of drug-likeness (QED) is 0.277. The zero-order valence-corrected chi connectivity index (χ0v) is 10.5. The first-order valence-corrected chi connectivity index (χ1v) is 5.20. The molecule has 0 amide bonds. The van der Waals surface area contributed by atoms with E-state index in [0.717, 1.165) is 0 Å². The van der Waals surface area contributed by atoms with Crippen LogP contribution < -0.4 is 5.73 Å². The van der Waals surface area contributed by atoms with Crippen LogP contribution in [-0.4, -0.2) is 52.4 Å². The highest BCUT2D eigenvalue weighted by Gasteiger charge is 2.06. The molecule has 0 aromatic heterocycles. The fourth-order valence-corrected chi connectivity index (χ4v) is 1.08. The maximum absolute atomic E-state index is 9.29. The van der Waals surface area contributed by atoms with E-state index >= 15 is 0 Å². The number of benzene rings is 1. The first-order valence-electron chi connectivity index (χ1n) is 5.20. The fraction of sp³-hybridized carbons (Fsp3) is 0.182. The molecule has 0 atom stereocenters. The van der Waals surface area contributed by atoms with Crippen molar-refractivity contribution in [1.29, 1.82) is 5.41 Å². The molecule has 1 aromatic carbocycles. The zero-order chi connectivity index (χ0) is 14.6. The molecular formula is C11H15N5O3. The summed E-state index contributed by atoms with van der Waals surface area (Å²) in [6, 6.07) is 2.40. The summed E-state index contributed by atoms with van der Waals surface area (Å²) in [5.74, 6) is -1.76. The van der Waals surface area contributed by atoms with E-state index in [1.165, 1.54) is 23.2 Å². The first-order chi connectivity index (χ1) is 8.81. The van der Waals surface area contributed by atoms with Gasteiger partial charge in [-0.3, -0.25) is 5.41 Å². The number of hydrogen-bond donors (Lipinski definition) is 5. The average Bonchev–Trinajstić information content (AvgIpc) is 2.33. The second-order valence-corrected chi connectivity index (χ2v) is 3.85. The number of guanidine groups is 2. The van der Waals surface area contributed by atoms with Gasteiger partial charge in [0.15, 0.2) is 17.2 Å². The highest BCUT2D eigenvalue weighted by atomic mass is 16.3. The SMILES string of the molecule is CN(C)C(=N)N=C(N)N=Cc1cc(O)c(O)c(O)c1. The third-order valence-electron chi connectivity index (χ3n) is 2.08. The molecule has 1 aromatic rings. The molecule has 8 heteroatoms. The number of phenols is 3. The minimum absolute atomic E-state index is 0.0638. The molecule has 0 aliphatic rings. The standard InChI is InChI=1S/C11H15N5O3/c1-16(2)11(13)15-10(12)14-5-6-3-7(17)9(19)8(18)4-6/h3-5,17-19H,1-2H3,(H3,12,13,15). The van der Waals surface area contributed by atoms with Gasteiger partial charge in [0, 0.05) is 25.9 Å². The zero-order valence-electron chi connectivity index (χ0n) is 10.5. The molecular weight excluding hydrogens is 250 g/mol. The maximum Gasteiger partial charge on any atom is 0.223 e. The van der Waals surface area contributed by atoms with Crippen LogP contribution >= 0.6 is 0 Å². The molecule has 0 fully saturated rings. The summed E-state index contributed by atoms with van der Waals surface area (Å²) >= 11 is 0. The van der Waals surface area contributed by atoms with Crippen LogP contribution in [0.25, 0.3) is 0 Å². The molecule has 0 spiro atoms. The van der Waals surface area contributed by atoms with Gasteiger partial charge in [-0.05, 0) is 12.1 Å². The van der Waals surface area contributed by atoms with Crippen LogP contribution in [0.1, 0.15) is 5.56 Å². The molecule has 0 unspecified atom stereocenters. The predicted octanol–water partition coefficient (Wildman–Crippen LogP) is 0.0334. The number of nitrogens with zero attached hydrogens (tertiary/aromatic N) is 3. The second kappa shape index (κ2) is 5.71. The molecule has 8 nitrogen and oxygen atoms in total. The Morgan fingerprint density at radius 2 is 1.79 bits per heavy atom. The van der Waals surface area contributed by atoms with Crippen molar-refractivity contribution in [2.75, 3.05) is 14.1 Å². The largest absolute Gasteiger partial charge is 0.504 e. The molecule has 0 aliphatic heterocycles. The first kappa shape index (κ1) is 14.3. The van der Waals surface area contributed by atoms with E-state index in [1.54, 1.807) is 14.1 Å². The van der Waals surface area contributed by atoms with Gasteiger partial charge in [0.25, 0.3) is 0 Å². The van der Waals surface area contributed by atoms with Crippen LogP contribution in [-0.2, 0) is 0 Å². The van der Waals surface area contributed by atoms with Gasteiger partial charge in [-0.1, -0.05) is 0 Å². The number of aromatic hydroxyl groups is 3. The van der Waals surface area contributed by atoms with Crippen LogP contribution in [0.5, 0.6) is 17.2 Å². The van der Waals surface area contributed by atoms with Crippen molar-refractivity contribution in [2.45, 2.75) is 0 Å². The van der Waals surface area contributed by atoms with Crippen LogP contribution in [0.15, 0.2) is 22.1 Å². The van der Waals surface area contributed by atoms with Gasteiger partial charge in [-0.15, -0.1) is 0 Å². The molecule has 0 saturated carbocycles. The molecule has 0 saturated heterocycles. The molecule has 6 N–H and O–H groups in total. The minimum atomic E-state index is -0.604. The van der Waals surface area contributed by atoms with Gasteiger partial charge in [-0.2, -0.15) is 4.99 Å². The molecule has 0 aliphatic carbocycles. The van der Waals surface area contributed by atoms with Crippen molar-refractivity contribution in [1.82, 2.24) is 4.90 Å². The highest BCUT2D eigenvalue weighted by Crippen LogP contribution is 2.34. The number of nitrogens with two attached hydrogens (primary N) is 1. The molecule has 0 bridgehead atoms. The smallest absolute Gasteiger partial charge is 0.223 e. The Bertz CT molecular complexity index is 528. The number of phenolic OH excluding ortho intramolecular Hbond substituents is 3. The minimum Gasteiger partial charge on any atom is -0.504 e. The summed E-state index contributed by atoms with van der Waals surface area (Å²) in [4.78, 5) is 8.89. The summed E-state index contributed by atoms with van der Waals surface area (Å²) in [5.41, 5.74) is 5.80. The van der Waals surface area contributed by atoms with E-state index in [0.29, 0.717) is 5.56 Å². The van der Waals surface area contributed by atoms with Gasteiger partial charge >= 0.3 is 0 Å². The number of hydrogen-bond acceptors (Lipinski definition) is 4. The van der Waals surface area contributed by atoms with E-state index in [-0.39, 0.29) is 11.9 Å². The van der Waals surface area contributed by atoms with Crippen molar-refractivity contribution in [3.63, 3.8) is 0 Å². The Hall–Kier alpha value is -2.77. The van der Waals surface area contributed by atoms with Crippen LogP contribution in [0.2, 0.25) is 0 Å². The lowest BCUT2D eigenvalue weighted by atomic mass is 10.2. The third kappa shape index (κ3) is 3.87. The van der Waals surface area contributed by atoms with Crippen molar-refractivity contribution in [3.05, 3.63) is 17.7 Å². The Labute approximate surface area is 109 Å². The van der Waals surface area contributed by atoms with Gasteiger partial charge < -0.3 is 26.0 Å². The van der Waals surface area contributed by atoms with E-state index in [1.807, 2.05) is 0 Å². The molecule has 19 heavy (non-hydrogen) atoms. The van der Waals surface area contributed by atoms with Crippen molar-refractivity contribution in [2.24, 2.45) is 15.7 Å². The summed E-state index contributed by atoms with van der Waals surface area (Å²) in [6.07, 6.45) is 1.24. The molecule has 0 heterocycles. The van der Waals surface area contributed by atoms with Crippen molar-refractivity contribution >= 4 is 18.1 Å². The lowest BCUT2D eigenvalue weighted by Gasteiger charge is -2.07. The van der Waals surface area contributed by atoms with Gasteiger partial charge in [0.1, 0.15) is 0 Å². The van der Waals surface area contributed by atoms with E-state index in [9.17, 15) is 10.2 Å². The Balaban J connectivity index is 2.91. The lowest BCUT2D eigenvalue weighted by Crippen LogP contribution is -2.22. The fourth-order valence-electron chi connectivity index (χ4n) is 1.08. The molecule has 102 valence electrons. The number of nitrogens with one attached hydrogen (secondary N) is 1. The number of aliphatic imine (C=N–C) groups is 2. The van der Waals surface area contributed by atoms with Crippen molar-refractivity contribution in [3.8, 4) is 17.2 Å². The normalized spacial score (nSPS) is 11.8. The van der Waals surface area contributed by atoms with Gasteiger partial charge in [0.2, 0.25) is 11.9 Å². The Kier molecular flexibility index (Phi) is 4.30. The third-order valence-corrected chi connectivity index (χ3v) is 2.08. The van der Waals surface area contributed by atoms with Crippen LogP contribution in [0.4, 0.5) is 0 Å². The average molecular weight is 265 g/mol. The predicted molar refractivity (Wildman–Crippen MR) is 72.1 cm³/mol. The Morgan fingerprint density at radius 3 is 2.26 bits per heavy atom. The van der Waals surface area contributed by atoms with Gasteiger partial charge in [0.05, 0.1) is 0 Å². The topological polar surface area (TPSA) is 139 Å². The Morgan fingerprint density at radius 1 is 1.26 bits per heavy atom. The van der Waals surface area contributed by atoms with Gasteiger partial charge in [-0.25, -0.2) is 4.99 Å². The second-order valence-electron chi connectivity index (χ2n) is 3.85. The summed E-state index contributed by atoms with van der Waals surface area (Å²) in [6.45, 7) is 0. The maximum atomic E-state index is 9.29. The highest BCUT2D eigenvalue weighted by molar-refractivity contribution is 5.98. The van der Waals surface area contributed by atoms with Crippen molar-refractivity contribution < 1.29 is 15.3 Å². The van der Waals surface area contributed by atoms with E-state index in [4.69, 9.17) is 16.2 Å². The van der Waals surface area contributed by atoms with Crippen LogP contribution in [0.3, 0.4) is 0 Å². The lowest BCUT2D eigenvalue weighted by molar-refractivity contribution is 0.368. The van der Waals surface area contributed by atoms with Crippen LogP contribution in [0, 0.1) is 5.41 Å². The molecule has 1 rings (SSSR count). The van der Waals surface area contributed by atoms with E-state index in [2.05, 4.69) is 9.98 Å². The monoisotopic (exact) mass is 265 g/mol.